The second-order valence-corrected chi connectivity index (χ2v) is 6.40. The van der Waals surface area contributed by atoms with Gasteiger partial charge in [-0.3, -0.25) is 4.99 Å². The standard InChI is InChI=1S/C19H28N4/c1-2-15-8-7-9-17-16(14-22-18(15)17)10-11-21-19(20)23-12-5-3-4-6-13-23/h7-9,14,22H,2-6,10-13H2,1H3,(H2,20,21). The van der Waals surface area contributed by atoms with E-state index in [1.54, 1.807) is 0 Å². The third-order valence-electron chi connectivity index (χ3n) is 4.85. The summed E-state index contributed by atoms with van der Waals surface area (Å²) in [6, 6.07) is 6.54. The van der Waals surface area contributed by atoms with E-state index in [9.17, 15) is 0 Å². The lowest BCUT2D eigenvalue weighted by molar-refractivity contribution is 0.428. The molecule has 2 aromatic rings. The van der Waals surface area contributed by atoms with Gasteiger partial charge in [-0.05, 0) is 36.8 Å². The zero-order valence-electron chi connectivity index (χ0n) is 14.1. The number of aromatic nitrogens is 1. The van der Waals surface area contributed by atoms with Crippen molar-refractivity contribution in [3.05, 3.63) is 35.5 Å². The van der Waals surface area contributed by atoms with E-state index in [0.717, 1.165) is 38.4 Å². The summed E-state index contributed by atoms with van der Waals surface area (Å²) in [6.45, 7) is 5.07. The maximum Gasteiger partial charge on any atom is 0.191 e. The van der Waals surface area contributed by atoms with Crippen molar-refractivity contribution in [2.45, 2.75) is 45.4 Å². The van der Waals surface area contributed by atoms with Gasteiger partial charge in [0.2, 0.25) is 0 Å². The van der Waals surface area contributed by atoms with Gasteiger partial charge in [0, 0.05) is 36.7 Å². The maximum absolute atomic E-state index is 6.18. The molecule has 2 heterocycles. The summed E-state index contributed by atoms with van der Waals surface area (Å²) < 4.78 is 0. The first kappa shape index (κ1) is 15.9. The number of likely N-dealkylation sites (tertiary alicyclic amines) is 1. The highest BCUT2D eigenvalue weighted by Crippen LogP contribution is 2.22. The molecular formula is C19H28N4. The summed E-state index contributed by atoms with van der Waals surface area (Å²) in [5.74, 6) is 0.723. The van der Waals surface area contributed by atoms with E-state index in [1.165, 1.54) is 47.7 Å². The lowest BCUT2D eigenvalue weighted by Gasteiger charge is -2.21. The number of nitrogens with two attached hydrogens (primary N) is 1. The van der Waals surface area contributed by atoms with Crippen molar-refractivity contribution in [1.29, 1.82) is 0 Å². The van der Waals surface area contributed by atoms with Crippen molar-refractivity contribution in [2.24, 2.45) is 10.7 Å². The molecule has 1 aromatic heterocycles. The van der Waals surface area contributed by atoms with Crippen molar-refractivity contribution >= 4 is 16.9 Å². The molecule has 1 saturated heterocycles. The minimum atomic E-state index is 0.723. The van der Waals surface area contributed by atoms with Gasteiger partial charge in [0.25, 0.3) is 0 Å². The Bertz CT molecular complexity index is 663. The monoisotopic (exact) mass is 312 g/mol. The number of aliphatic imine (C=N–C) groups is 1. The lowest BCUT2D eigenvalue weighted by atomic mass is 10.1. The molecular weight excluding hydrogens is 284 g/mol. The highest BCUT2D eigenvalue weighted by atomic mass is 15.2. The Balaban J connectivity index is 1.65. The van der Waals surface area contributed by atoms with Crippen LogP contribution in [0, 0.1) is 0 Å². The fraction of sp³-hybridized carbons (Fsp3) is 0.526. The van der Waals surface area contributed by atoms with E-state index in [2.05, 4.69) is 46.2 Å². The highest BCUT2D eigenvalue weighted by Gasteiger charge is 2.11. The quantitative estimate of drug-likeness (QED) is 0.671. The van der Waals surface area contributed by atoms with E-state index in [0.29, 0.717) is 0 Å². The molecule has 0 amide bonds. The number of aromatic amines is 1. The minimum absolute atomic E-state index is 0.723. The van der Waals surface area contributed by atoms with Gasteiger partial charge in [0.05, 0.1) is 0 Å². The number of guanidine groups is 1. The van der Waals surface area contributed by atoms with Crippen LogP contribution in [0.2, 0.25) is 0 Å². The predicted octanol–water partition coefficient (Wildman–Crippen LogP) is 3.46. The zero-order valence-corrected chi connectivity index (χ0v) is 14.1. The third-order valence-corrected chi connectivity index (χ3v) is 4.85. The number of para-hydroxylation sites is 1. The third kappa shape index (κ3) is 3.69. The van der Waals surface area contributed by atoms with Crippen LogP contribution in [0.3, 0.4) is 0 Å². The van der Waals surface area contributed by atoms with Crippen molar-refractivity contribution < 1.29 is 0 Å². The second kappa shape index (κ2) is 7.53. The van der Waals surface area contributed by atoms with E-state index >= 15 is 0 Å². The average molecular weight is 312 g/mol. The molecule has 4 nitrogen and oxygen atoms in total. The number of H-pyrrole nitrogens is 1. The van der Waals surface area contributed by atoms with Crippen LogP contribution in [-0.2, 0) is 12.8 Å². The number of hydrogen-bond acceptors (Lipinski definition) is 1. The maximum atomic E-state index is 6.18. The van der Waals surface area contributed by atoms with E-state index in [-0.39, 0.29) is 0 Å². The van der Waals surface area contributed by atoms with E-state index in [4.69, 9.17) is 5.73 Å². The van der Waals surface area contributed by atoms with Gasteiger partial charge >= 0.3 is 0 Å². The number of nitrogens with zero attached hydrogens (tertiary/aromatic N) is 2. The summed E-state index contributed by atoms with van der Waals surface area (Å²) in [7, 11) is 0. The summed E-state index contributed by atoms with van der Waals surface area (Å²) in [5, 5.41) is 1.33. The van der Waals surface area contributed by atoms with Crippen molar-refractivity contribution in [3.8, 4) is 0 Å². The molecule has 3 rings (SSSR count). The molecule has 1 aromatic carbocycles. The Labute approximate surface area is 138 Å². The molecule has 1 fully saturated rings. The summed E-state index contributed by atoms with van der Waals surface area (Å²) >= 11 is 0. The fourth-order valence-corrected chi connectivity index (χ4v) is 3.47. The minimum Gasteiger partial charge on any atom is -0.370 e. The van der Waals surface area contributed by atoms with Gasteiger partial charge in [0.15, 0.2) is 5.96 Å². The first-order valence-corrected chi connectivity index (χ1v) is 8.92. The van der Waals surface area contributed by atoms with Gasteiger partial charge in [-0.25, -0.2) is 0 Å². The first-order valence-electron chi connectivity index (χ1n) is 8.92. The van der Waals surface area contributed by atoms with Crippen LogP contribution in [0.4, 0.5) is 0 Å². The normalized spacial score (nSPS) is 16.7. The number of aryl methyl sites for hydroxylation is 1. The molecule has 0 spiro atoms. The molecule has 0 bridgehead atoms. The molecule has 1 aliphatic rings. The summed E-state index contributed by atoms with van der Waals surface area (Å²) in [6.07, 6.45) is 9.22. The molecule has 0 saturated carbocycles. The molecule has 0 atom stereocenters. The predicted molar refractivity (Wildman–Crippen MR) is 97.9 cm³/mol. The number of benzene rings is 1. The molecule has 0 aliphatic carbocycles. The van der Waals surface area contributed by atoms with Crippen LogP contribution in [0.15, 0.2) is 29.4 Å². The molecule has 4 heteroatoms. The van der Waals surface area contributed by atoms with E-state index in [1.807, 2.05) is 0 Å². The summed E-state index contributed by atoms with van der Waals surface area (Å²) in [4.78, 5) is 10.3. The van der Waals surface area contributed by atoms with Gasteiger partial charge in [-0.1, -0.05) is 38.0 Å². The molecule has 0 unspecified atom stereocenters. The molecule has 1 aliphatic heterocycles. The van der Waals surface area contributed by atoms with Gasteiger partial charge in [-0.15, -0.1) is 0 Å². The summed E-state index contributed by atoms with van der Waals surface area (Å²) in [5.41, 5.74) is 10.2. The van der Waals surface area contributed by atoms with Gasteiger partial charge < -0.3 is 15.6 Å². The van der Waals surface area contributed by atoms with Gasteiger partial charge in [-0.2, -0.15) is 0 Å². The largest absolute Gasteiger partial charge is 0.370 e. The van der Waals surface area contributed by atoms with Gasteiger partial charge in [0.1, 0.15) is 0 Å². The van der Waals surface area contributed by atoms with E-state index < -0.39 is 0 Å². The Morgan fingerprint density at radius 3 is 2.70 bits per heavy atom. The van der Waals surface area contributed by atoms with Crippen LogP contribution in [0.5, 0.6) is 0 Å². The van der Waals surface area contributed by atoms with Crippen molar-refractivity contribution in [1.82, 2.24) is 9.88 Å². The lowest BCUT2D eigenvalue weighted by Crippen LogP contribution is -2.38. The second-order valence-electron chi connectivity index (χ2n) is 6.40. The SMILES string of the molecule is CCc1cccc2c(CCN=C(N)N3CCCCCC3)c[nH]c12. The molecule has 124 valence electrons. The smallest absolute Gasteiger partial charge is 0.191 e. The molecule has 3 N–H and O–H groups in total. The number of fused-ring (bicyclic) bond motifs is 1. The Kier molecular flexibility index (Phi) is 5.21. The Hall–Kier alpha value is -1.97. The fourth-order valence-electron chi connectivity index (χ4n) is 3.47. The first-order chi connectivity index (χ1) is 11.3. The Morgan fingerprint density at radius 2 is 1.96 bits per heavy atom. The zero-order chi connectivity index (χ0) is 16.1. The number of nitrogens with one attached hydrogen (secondary N) is 1. The number of rotatable bonds is 4. The Morgan fingerprint density at radius 1 is 1.17 bits per heavy atom. The van der Waals surface area contributed by atoms with Crippen molar-refractivity contribution in [3.63, 3.8) is 0 Å². The average Bonchev–Trinajstić information content (AvgIpc) is 2.81. The van der Waals surface area contributed by atoms with Crippen molar-refractivity contribution in [2.75, 3.05) is 19.6 Å². The number of hydrogen-bond donors (Lipinski definition) is 2. The molecule has 23 heavy (non-hydrogen) atoms. The van der Waals surface area contributed by atoms with Crippen LogP contribution in [0.1, 0.15) is 43.7 Å². The van der Waals surface area contributed by atoms with Crippen LogP contribution in [-0.4, -0.2) is 35.5 Å². The topological polar surface area (TPSA) is 57.4 Å². The van der Waals surface area contributed by atoms with Crippen LogP contribution < -0.4 is 5.73 Å². The highest BCUT2D eigenvalue weighted by molar-refractivity contribution is 5.86. The van der Waals surface area contributed by atoms with Crippen LogP contribution in [0.25, 0.3) is 10.9 Å². The molecule has 0 radical (unpaired) electrons. The van der Waals surface area contributed by atoms with Crippen LogP contribution >= 0.6 is 0 Å².